The minimum absolute atomic E-state index is 0.715. The van der Waals surface area contributed by atoms with Crippen LogP contribution in [-0.2, 0) is 7.05 Å². The molecule has 0 saturated heterocycles. The second kappa shape index (κ2) is 2.02. The highest BCUT2D eigenvalue weighted by Crippen LogP contribution is 2.08. The Kier molecular flexibility index (Phi) is 1.15. The van der Waals surface area contributed by atoms with Crippen LogP contribution in [0.2, 0.25) is 0 Å². The molecule has 0 aliphatic rings. The van der Waals surface area contributed by atoms with Crippen molar-refractivity contribution in [1.82, 2.24) is 19.7 Å². The van der Waals surface area contributed by atoms with Crippen molar-refractivity contribution >= 4 is 11.2 Å². The summed E-state index contributed by atoms with van der Waals surface area (Å²) < 4.78 is 1.99. The highest BCUT2D eigenvalue weighted by Gasteiger charge is 2.02. The van der Waals surface area contributed by atoms with Crippen LogP contribution in [0, 0.1) is 6.92 Å². The van der Waals surface area contributed by atoms with E-state index in [0.29, 0.717) is 5.65 Å². The van der Waals surface area contributed by atoms with Gasteiger partial charge in [0.2, 0.25) is 0 Å². The fourth-order valence-corrected chi connectivity index (χ4v) is 1.06. The van der Waals surface area contributed by atoms with Gasteiger partial charge < -0.3 is 4.57 Å². The summed E-state index contributed by atoms with van der Waals surface area (Å²) in [7, 11) is 1.96. The lowest BCUT2D eigenvalue weighted by Gasteiger charge is -1.92. The molecule has 0 radical (unpaired) electrons. The number of rotatable bonds is 0. The maximum absolute atomic E-state index is 4.20. The number of hydrogen-bond donors (Lipinski definition) is 0. The zero-order valence-corrected chi connectivity index (χ0v) is 6.44. The van der Waals surface area contributed by atoms with E-state index >= 15 is 0 Å². The van der Waals surface area contributed by atoms with E-state index in [1.54, 1.807) is 6.20 Å². The van der Waals surface area contributed by atoms with Crippen LogP contribution < -0.4 is 0 Å². The van der Waals surface area contributed by atoms with Crippen LogP contribution in [0.25, 0.3) is 11.2 Å². The highest BCUT2D eigenvalue weighted by molar-refractivity contribution is 5.70. The van der Waals surface area contributed by atoms with Gasteiger partial charge in [-0.05, 0) is 13.0 Å². The molecule has 0 spiro atoms. The maximum atomic E-state index is 4.20. The summed E-state index contributed by atoms with van der Waals surface area (Å²) in [6.07, 6.45) is 1.67. The Morgan fingerprint density at radius 2 is 2.27 bits per heavy atom. The van der Waals surface area contributed by atoms with Crippen molar-refractivity contribution < 1.29 is 0 Å². The lowest BCUT2D eigenvalue weighted by Crippen LogP contribution is -1.89. The molecule has 2 rings (SSSR count). The van der Waals surface area contributed by atoms with Crippen molar-refractivity contribution in [1.29, 1.82) is 0 Å². The average molecular weight is 148 g/mol. The third kappa shape index (κ3) is 0.790. The highest BCUT2D eigenvalue weighted by atomic mass is 15.2. The Labute approximate surface area is 63.9 Å². The van der Waals surface area contributed by atoms with Crippen molar-refractivity contribution in [2.45, 2.75) is 6.92 Å². The summed E-state index contributed by atoms with van der Waals surface area (Å²) in [5.74, 6) is 0.959. The molecule has 11 heavy (non-hydrogen) atoms. The van der Waals surface area contributed by atoms with E-state index in [1.165, 1.54) is 0 Å². The molecule has 0 saturated carbocycles. The minimum Gasteiger partial charge on any atom is -0.330 e. The van der Waals surface area contributed by atoms with Crippen molar-refractivity contribution in [3.05, 3.63) is 18.1 Å². The van der Waals surface area contributed by atoms with E-state index in [4.69, 9.17) is 0 Å². The van der Waals surface area contributed by atoms with Crippen LogP contribution in [0.15, 0.2) is 12.3 Å². The molecular formula is C7H8N4. The number of hydrogen-bond acceptors (Lipinski definition) is 3. The number of nitrogens with zero attached hydrogens (tertiary/aromatic N) is 4. The predicted octanol–water partition coefficient (Wildman–Crippen LogP) is 0.672. The van der Waals surface area contributed by atoms with Gasteiger partial charge in [-0.25, -0.2) is 4.98 Å². The number of aryl methyl sites for hydroxylation is 2. The van der Waals surface area contributed by atoms with Gasteiger partial charge in [-0.2, -0.15) is 5.10 Å². The number of imidazole rings is 1. The molecule has 0 aliphatic heterocycles. The van der Waals surface area contributed by atoms with Crippen LogP contribution in [0.4, 0.5) is 0 Å². The molecule has 2 aromatic rings. The number of aromatic nitrogens is 4. The fraction of sp³-hybridized carbons (Fsp3) is 0.286. The summed E-state index contributed by atoms with van der Waals surface area (Å²) in [4.78, 5) is 4.20. The van der Waals surface area contributed by atoms with Crippen molar-refractivity contribution in [3.63, 3.8) is 0 Å². The van der Waals surface area contributed by atoms with Gasteiger partial charge >= 0.3 is 0 Å². The lowest BCUT2D eigenvalue weighted by atomic mass is 10.5. The minimum atomic E-state index is 0.715. The topological polar surface area (TPSA) is 43.6 Å². The Morgan fingerprint density at radius 1 is 1.45 bits per heavy atom. The average Bonchev–Trinajstić information content (AvgIpc) is 2.30. The molecule has 0 N–H and O–H groups in total. The van der Waals surface area contributed by atoms with Gasteiger partial charge in [-0.1, -0.05) is 0 Å². The van der Waals surface area contributed by atoms with Crippen molar-refractivity contribution in [3.8, 4) is 0 Å². The van der Waals surface area contributed by atoms with Gasteiger partial charge in [-0.15, -0.1) is 5.10 Å². The summed E-state index contributed by atoms with van der Waals surface area (Å²) >= 11 is 0. The smallest absolute Gasteiger partial charge is 0.200 e. The standard InChI is InChI=1S/C7H8N4/c1-5-9-7-6(11(5)2)3-4-8-10-7/h3-4H,1-2H3. The lowest BCUT2D eigenvalue weighted by molar-refractivity contribution is 0.886. The molecular weight excluding hydrogens is 140 g/mol. The van der Waals surface area contributed by atoms with Crippen LogP contribution in [-0.4, -0.2) is 19.7 Å². The molecule has 4 nitrogen and oxygen atoms in total. The monoisotopic (exact) mass is 148 g/mol. The first kappa shape index (κ1) is 6.27. The fourth-order valence-electron chi connectivity index (χ4n) is 1.06. The molecule has 2 aromatic heterocycles. The largest absolute Gasteiger partial charge is 0.330 e. The summed E-state index contributed by atoms with van der Waals surface area (Å²) in [5, 5.41) is 7.62. The summed E-state index contributed by atoms with van der Waals surface area (Å²) in [6.45, 7) is 1.95. The molecule has 0 amide bonds. The van der Waals surface area contributed by atoms with E-state index < -0.39 is 0 Å². The third-order valence-corrected chi connectivity index (χ3v) is 1.80. The van der Waals surface area contributed by atoms with Gasteiger partial charge in [0, 0.05) is 7.05 Å². The first-order chi connectivity index (χ1) is 5.29. The van der Waals surface area contributed by atoms with E-state index in [0.717, 1.165) is 11.3 Å². The first-order valence-corrected chi connectivity index (χ1v) is 3.40. The van der Waals surface area contributed by atoms with Crippen LogP contribution in [0.5, 0.6) is 0 Å². The van der Waals surface area contributed by atoms with Gasteiger partial charge in [-0.3, -0.25) is 0 Å². The zero-order chi connectivity index (χ0) is 7.84. The molecule has 0 aromatic carbocycles. The molecule has 0 fully saturated rings. The normalized spacial score (nSPS) is 10.7. The summed E-state index contributed by atoms with van der Waals surface area (Å²) in [5.41, 5.74) is 1.74. The Hall–Kier alpha value is -1.45. The van der Waals surface area contributed by atoms with Crippen molar-refractivity contribution in [2.75, 3.05) is 0 Å². The maximum Gasteiger partial charge on any atom is 0.200 e. The number of fused-ring (bicyclic) bond motifs is 1. The van der Waals surface area contributed by atoms with E-state index in [9.17, 15) is 0 Å². The molecule has 0 aliphatic carbocycles. The Morgan fingerprint density at radius 3 is 3.00 bits per heavy atom. The molecule has 2 heterocycles. The van der Waals surface area contributed by atoms with Crippen LogP contribution in [0.1, 0.15) is 5.82 Å². The second-order valence-electron chi connectivity index (χ2n) is 2.46. The second-order valence-corrected chi connectivity index (χ2v) is 2.46. The van der Waals surface area contributed by atoms with Gasteiger partial charge in [0.1, 0.15) is 5.82 Å². The predicted molar refractivity (Wildman–Crippen MR) is 41.0 cm³/mol. The van der Waals surface area contributed by atoms with Gasteiger partial charge in [0.15, 0.2) is 5.65 Å². The quantitative estimate of drug-likeness (QED) is 0.551. The molecule has 0 unspecified atom stereocenters. The van der Waals surface area contributed by atoms with Gasteiger partial charge in [0.05, 0.1) is 11.7 Å². The van der Waals surface area contributed by atoms with Crippen LogP contribution >= 0.6 is 0 Å². The Balaban J connectivity index is 2.92. The van der Waals surface area contributed by atoms with Gasteiger partial charge in [0.25, 0.3) is 0 Å². The molecule has 0 bridgehead atoms. The van der Waals surface area contributed by atoms with E-state index in [-0.39, 0.29) is 0 Å². The van der Waals surface area contributed by atoms with E-state index in [2.05, 4.69) is 15.2 Å². The first-order valence-electron chi connectivity index (χ1n) is 3.40. The Bertz CT molecular complexity index is 390. The van der Waals surface area contributed by atoms with Crippen LogP contribution in [0.3, 0.4) is 0 Å². The molecule has 4 heteroatoms. The SMILES string of the molecule is Cc1nc2nnccc2n1C. The summed E-state index contributed by atoms with van der Waals surface area (Å²) in [6, 6.07) is 1.91. The zero-order valence-electron chi connectivity index (χ0n) is 6.44. The third-order valence-electron chi connectivity index (χ3n) is 1.80. The van der Waals surface area contributed by atoms with Crippen molar-refractivity contribution in [2.24, 2.45) is 7.05 Å². The molecule has 56 valence electrons. The molecule has 0 atom stereocenters. The van der Waals surface area contributed by atoms with E-state index in [1.807, 2.05) is 24.6 Å².